The van der Waals surface area contributed by atoms with Gasteiger partial charge in [-0.1, -0.05) is 24.3 Å². The quantitative estimate of drug-likeness (QED) is 0.471. The summed E-state index contributed by atoms with van der Waals surface area (Å²) >= 11 is 0. The van der Waals surface area contributed by atoms with Gasteiger partial charge < -0.3 is 5.73 Å². The van der Waals surface area contributed by atoms with Gasteiger partial charge in [-0.15, -0.1) is 0 Å². The summed E-state index contributed by atoms with van der Waals surface area (Å²) in [5, 5.41) is 0. The Morgan fingerprint density at radius 2 is 1.34 bits per heavy atom. The first-order valence-corrected chi connectivity index (χ1v) is 10.7. The van der Waals surface area contributed by atoms with Gasteiger partial charge in [0, 0.05) is 11.6 Å². The molecule has 0 unspecified atom stereocenters. The van der Waals surface area contributed by atoms with Crippen molar-refractivity contribution in [3.8, 4) is 0 Å². The smallest absolute Gasteiger partial charge is 0.328 e. The van der Waals surface area contributed by atoms with Gasteiger partial charge in [0.25, 0.3) is 0 Å². The molecule has 0 aromatic heterocycles. The molecule has 0 bridgehead atoms. The number of nitrogens with two attached hydrogens (primary N) is 1. The lowest BCUT2D eigenvalue weighted by molar-refractivity contribution is -0.348. The van der Waals surface area contributed by atoms with Crippen LogP contribution in [0.5, 0.6) is 0 Å². The van der Waals surface area contributed by atoms with Gasteiger partial charge in [0.2, 0.25) is 0 Å². The Kier molecular flexibility index (Phi) is 5.87. The Balaban J connectivity index is 2.14. The molecular formula is C20H17F8NO2S. The Hall–Kier alpha value is -2.21. The first-order valence-electron chi connectivity index (χ1n) is 9.25. The molecule has 0 spiro atoms. The van der Waals surface area contributed by atoms with E-state index in [0.29, 0.717) is 0 Å². The van der Waals surface area contributed by atoms with E-state index in [4.69, 9.17) is 5.73 Å². The molecule has 2 aromatic rings. The molecule has 0 saturated heterocycles. The lowest BCUT2D eigenvalue weighted by Gasteiger charge is -2.32. The molecule has 2 aromatic carbocycles. The van der Waals surface area contributed by atoms with Gasteiger partial charge >= 0.3 is 18.0 Å². The Morgan fingerprint density at radius 1 is 0.844 bits per heavy atom. The zero-order chi connectivity index (χ0) is 24.2. The van der Waals surface area contributed by atoms with Gasteiger partial charge in [0.1, 0.15) is 10.6 Å². The lowest BCUT2D eigenvalue weighted by atomic mass is 9.89. The molecule has 176 valence electrons. The molecule has 1 aliphatic rings. The highest BCUT2D eigenvalue weighted by atomic mass is 32.2. The Labute approximate surface area is 178 Å². The van der Waals surface area contributed by atoms with Crippen LogP contribution in [-0.2, 0) is 20.3 Å². The fraction of sp³-hybridized carbons (Fsp3) is 0.400. The van der Waals surface area contributed by atoms with Crippen molar-refractivity contribution in [1.82, 2.24) is 0 Å². The summed E-state index contributed by atoms with van der Waals surface area (Å²) < 4.78 is 131. The van der Waals surface area contributed by atoms with E-state index in [1.165, 1.54) is 0 Å². The summed E-state index contributed by atoms with van der Waals surface area (Å²) in [6, 6.07) is 5.24. The van der Waals surface area contributed by atoms with Crippen molar-refractivity contribution in [3.05, 3.63) is 65.5 Å². The van der Waals surface area contributed by atoms with Crippen LogP contribution in [0.15, 0.2) is 53.4 Å². The van der Waals surface area contributed by atoms with Crippen molar-refractivity contribution < 1.29 is 43.5 Å². The van der Waals surface area contributed by atoms with E-state index in [-0.39, 0.29) is 41.9 Å². The van der Waals surface area contributed by atoms with Crippen molar-refractivity contribution in [2.45, 2.75) is 53.0 Å². The molecule has 2 N–H and O–H groups in total. The summed E-state index contributed by atoms with van der Waals surface area (Å²) in [5.74, 6) is -0.705. The molecular weight excluding hydrogens is 470 g/mol. The minimum atomic E-state index is -6.29. The first-order chi connectivity index (χ1) is 14.6. The second kappa shape index (κ2) is 7.68. The fourth-order valence-electron chi connectivity index (χ4n) is 4.04. The van der Waals surface area contributed by atoms with E-state index in [2.05, 4.69) is 0 Å². The Morgan fingerprint density at radius 3 is 1.75 bits per heavy atom. The molecule has 0 heterocycles. The molecule has 1 saturated carbocycles. The predicted octanol–water partition coefficient (Wildman–Crippen LogP) is 5.30. The number of benzene rings is 2. The summed E-state index contributed by atoms with van der Waals surface area (Å²) in [4.78, 5) is -0.289. The second-order valence-electron chi connectivity index (χ2n) is 7.69. The van der Waals surface area contributed by atoms with Crippen LogP contribution < -0.4 is 5.73 Å². The van der Waals surface area contributed by atoms with E-state index in [0.717, 1.165) is 36.4 Å². The number of alkyl halides is 7. The van der Waals surface area contributed by atoms with E-state index < -0.39 is 50.0 Å². The molecule has 0 amide bonds. The summed E-state index contributed by atoms with van der Waals surface area (Å²) in [6.07, 6.45) is -12.6. The van der Waals surface area contributed by atoms with Crippen LogP contribution in [-0.4, -0.2) is 26.8 Å². The van der Waals surface area contributed by atoms with Gasteiger partial charge in [0.05, 0.1) is 4.90 Å². The third-order valence-electron chi connectivity index (χ3n) is 5.74. The molecule has 0 aliphatic heterocycles. The predicted molar refractivity (Wildman–Crippen MR) is 98.4 cm³/mol. The summed E-state index contributed by atoms with van der Waals surface area (Å²) in [6.45, 7) is 0. The Bertz CT molecular complexity index is 1060. The molecule has 3 nitrogen and oxygen atoms in total. The van der Waals surface area contributed by atoms with Crippen LogP contribution in [0.25, 0.3) is 0 Å². The zero-order valence-corrected chi connectivity index (χ0v) is 17.0. The highest BCUT2D eigenvalue weighted by Gasteiger charge is 2.73. The molecule has 32 heavy (non-hydrogen) atoms. The van der Waals surface area contributed by atoms with Crippen LogP contribution in [0.3, 0.4) is 0 Å². The first kappa shape index (κ1) is 24.4. The van der Waals surface area contributed by atoms with Crippen LogP contribution in [0.4, 0.5) is 35.1 Å². The molecule has 2 atom stereocenters. The number of halogens is 8. The maximum absolute atomic E-state index is 14.3. The largest absolute Gasteiger partial charge is 0.435 e. The van der Waals surface area contributed by atoms with Gasteiger partial charge in [-0.25, -0.2) is 17.2 Å². The number of hydrogen-bond donors (Lipinski definition) is 1. The maximum Gasteiger partial charge on any atom is 0.435 e. The van der Waals surface area contributed by atoms with Gasteiger partial charge in [-0.2, -0.15) is 26.3 Å². The highest BCUT2D eigenvalue weighted by molar-refractivity contribution is 7.92. The fourth-order valence-corrected chi connectivity index (χ4v) is 6.25. The lowest BCUT2D eigenvalue weighted by Crippen LogP contribution is -2.50. The number of rotatable bonds is 4. The van der Waals surface area contributed by atoms with Crippen molar-refractivity contribution in [2.75, 3.05) is 0 Å². The summed E-state index contributed by atoms with van der Waals surface area (Å²) in [7, 11) is -4.29. The molecule has 3 rings (SSSR count). The van der Waals surface area contributed by atoms with Gasteiger partial charge in [-0.05, 0) is 49.1 Å². The monoisotopic (exact) mass is 487 g/mol. The molecule has 1 aliphatic carbocycles. The van der Waals surface area contributed by atoms with Crippen molar-refractivity contribution in [2.24, 2.45) is 5.73 Å². The van der Waals surface area contributed by atoms with Crippen molar-refractivity contribution >= 4 is 9.84 Å². The average Bonchev–Trinajstić information content (AvgIpc) is 3.09. The number of hydrogen-bond acceptors (Lipinski definition) is 3. The third kappa shape index (κ3) is 3.66. The topological polar surface area (TPSA) is 60.2 Å². The van der Waals surface area contributed by atoms with Crippen molar-refractivity contribution in [1.29, 1.82) is 0 Å². The van der Waals surface area contributed by atoms with Crippen LogP contribution >= 0.6 is 0 Å². The zero-order valence-electron chi connectivity index (χ0n) is 16.1. The standard InChI is InChI=1S/C20H17F8NO2S/c21-14-5-7-16(8-6-14)32(30,31)17(10-9-15(29)11-17)12-1-3-13(4-2-12)18(22,19(23,24)25)20(26,27)28/h1-8,15H,9-11,29H2/t15-,17+/m1/s1. The van der Waals surface area contributed by atoms with E-state index >= 15 is 0 Å². The van der Waals surface area contributed by atoms with E-state index in [1.54, 1.807) is 0 Å². The van der Waals surface area contributed by atoms with E-state index in [9.17, 15) is 43.5 Å². The minimum Gasteiger partial charge on any atom is -0.328 e. The van der Waals surface area contributed by atoms with Crippen LogP contribution in [0.2, 0.25) is 0 Å². The second-order valence-corrected chi connectivity index (χ2v) is 9.95. The van der Waals surface area contributed by atoms with Gasteiger partial charge in [-0.3, -0.25) is 0 Å². The normalized spacial score (nSPS) is 22.8. The third-order valence-corrected chi connectivity index (χ3v) is 8.27. The number of sulfone groups is 1. The van der Waals surface area contributed by atoms with Crippen LogP contribution in [0.1, 0.15) is 30.4 Å². The molecule has 12 heteroatoms. The van der Waals surface area contributed by atoms with Gasteiger partial charge in [0.15, 0.2) is 9.84 Å². The SMILES string of the molecule is N[C@@H]1CC[C@](c2ccc(C(F)(C(F)(F)F)C(F)(F)F)cc2)(S(=O)(=O)c2ccc(F)cc2)C1. The molecule has 0 radical (unpaired) electrons. The molecule has 1 fully saturated rings. The van der Waals surface area contributed by atoms with Crippen molar-refractivity contribution in [3.63, 3.8) is 0 Å². The minimum absolute atomic E-state index is 0.0769. The highest BCUT2D eigenvalue weighted by Crippen LogP contribution is 2.54. The average molecular weight is 487 g/mol. The van der Waals surface area contributed by atoms with Crippen LogP contribution in [0, 0.1) is 5.82 Å². The maximum atomic E-state index is 14.3. The summed E-state index contributed by atoms with van der Waals surface area (Å²) in [5.41, 5.74) is -1.61. The van der Waals surface area contributed by atoms with E-state index in [1.807, 2.05) is 0 Å².